The normalized spacial score (nSPS) is 23.1. The largest absolute Gasteiger partial charge is 0.467 e. The van der Waals surface area contributed by atoms with Crippen LogP contribution in [0, 0.1) is 5.41 Å². The van der Waals surface area contributed by atoms with Gasteiger partial charge in [0.1, 0.15) is 11.8 Å². The molecular formula is C16H20ClNOS. The second-order valence-electron chi connectivity index (χ2n) is 6.19. The fourth-order valence-corrected chi connectivity index (χ4v) is 4.21. The molecule has 20 heavy (non-hydrogen) atoms. The molecule has 1 aliphatic carbocycles. The molecule has 0 radical (unpaired) electrons. The summed E-state index contributed by atoms with van der Waals surface area (Å²) >= 11 is 7.72. The summed E-state index contributed by atoms with van der Waals surface area (Å²) in [5.41, 5.74) is 0.339. The van der Waals surface area contributed by atoms with Gasteiger partial charge in [-0.05, 0) is 42.5 Å². The van der Waals surface area contributed by atoms with E-state index in [-0.39, 0.29) is 6.04 Å². The summed E-state index contributed by atoms with van der Waals surface area (Å²) in [6.07, 6.45) is 5.53. The molecule has 1 saturated carbocycles. The lowest BCUT2D eigenvalue weighted by Crippen LogP contribution is -2.40. The molecule has 108 valence electrons. The van der Waals surface area contributed by atoms with Crippen molar-refractivity contribution in [1.29, 1.82) is 0 Å². The Bertz CT molecular complexity index is 561. The molecule has 1 N–H and O–H groups in total. The van der Waals surface area contributed by atoms with Crippen molar-refractivity contribution in [3.05, 3.63) is 45.5 Å². The predicted molar refractivity (Wildman–Crippen MR) is 84.4 cm³/mol. The van der Waals surface area contributed by atoms with Crippen LogP contribution in [-0.2, 0) is 0 Å². The lowest BCUT2D eigenvalue weighted by atomic mass is 9.87. The van der Waals surface area contributed by atoms with Gasteiger partial charge in [0.05, 0.1) is 10.6 Å². The monoisotopic (exact) mass is 309 g/mol. The van der Waals surface area contributed by atoms with Crippen LogP contribution in [0.4, 0.5) is 0 Å². The summed E-state index contributed by atoms with van der Waals surface area (Å²) in [4.78, 5) is 1.22. The molecule has 2 atom stereocenters. The molecular weight excluding hydrogens is 290 g/mol. The van der Waals surface area contributed by atoms with Gasteiger partial charge in [0.15, 0.2) is 0 Å². The van der Waals surface area contributed by atoms with E-state index in [4.69, 9.17) is 16.0 Å². The van der Waals surface area contributed by atoms with Gasteiger partial charge >= 0.3 is 0 Å². The highest BCUT2D eigenvalue weighted by molar-refractivity contribution is 7.16. The molecule has 2 nitrogen and oxygen atoms in total. The number of rotatable bonds is 4. The maximum atomic E-state index is 6.10. The van der Waals surface area contributed by atoms with Crippen LogP contribution in [-0.4, -0.2) is 6.04 Å². The molecule has 0 spiro atoms. The van der Waals surface area contributed by atoms with Gasteiger partial charge < -0.3 is 4.42 Å². The van der Waals surface area contributed by atoms with E-state index in [9.17, 15) is 0 Å². The van der Waals surface area contributed by atoms with Gasteiger partial charge in [-0.25, -0.2) is 0 Å². The van der Waals surface area contributed by atoms with E-state index in [1.165, 1.54) is 24.1 Å². The predicted octanol–water partition coefficient (Wildman–Crippen LogP) is 5.25. The van der Waals surface area contributed by atoms with Crippen molar-refractivity contribution >= 4 is 22.9 Å². The van der Waals surface area contributed by atoms with Crippen molar-refractivity contribution < 1.29 is 4.42 Å². The summed E-state index contributed by atoms with van der Waals surface area (Å²) in [7, 11) is 0. The third kappa shape index (κ3) is 2.80. The standard InChI is InChI=1S/C16H20ClNOS/c1-16(2)9-3-6-13(16)18-15(11-5-4-10-19-11)12-7-8-14(17)20-12/h4-5,7-8,10,13,15,18H,3,6,9H2,1-2H3. The van der Waals surface area contributed by atoms with Gasteiger partial charge in [0.25, 0.3) is 0 Å². The third-order valence-corrected chi connectivity index (χ3v) is 5.63. The van der Waals surface area contributed by atoms with Gasteiger partial charge in [-0.15, -0.1) is 11.3 Å². The average molecular weight is 310 g/mol. The van der Waals surface area contributed by atoms with Crippen molar-refractivity contribution in [2.45, 2.75) is 45.2 Å². The quantitative estimate of drug-likeness (QED) is 0.834. The van der Waals surface area contributed by atoms with Crippen LogP contribution >= 0.6 is 22.9 Å². The van der Waals surface area contributed by atoms with Crippen LogP contribution in [0.1, 0.15) is 49.8 Å². The fraction of sp³-hybridized carbons (Fsp3) is 0.500. The first kappa shape index (κ1) is 14.2. The van der Waals surface area contributed by atoms with Crippen molar-refractivity contribution in [3.63, 3.8) is 0 Å². The van der Waals surface area contributed by atoms with Crippen LogP contribution < -0.4 is 5.32 Å². The Balaban J connectivity index is 1.87. The Morgan fingerprint density at radius 1 is 1.40 bits per heavy atom. The summed E-state index contributed by atoms with van der Waals surface area (Å²) in [5.74, 6) is 0.964. The van der Waals surface area contributed by atoms with E-state index in [1.807, 2.05) is 18.2 Å². The highest BCUT2D eigenvalue weighted by Crippen LogP contribution is 2.40. The molecule has 0 saturated heterocycles. The van der Waals surface area contributed by atoms with Crippen LogP contribution in [0.3, 0.4) is 0 Å². The van der Waals surface area contributed by atoms with Crippen molar-refractivity contribution in [2.24, 2.45) is 5.41 Å². The van der Waals surface area contributed by atoms with Crippen LogP contribution in [0.25, 0.3) is 0 Å². The van der Waals surface area contributed by atoms with E-state index >= 15 is 0 Å². The van der Waals surface area contributed by atoms with E-state index in [0.717, 1.165) is 10.1 Å². The molecule has 0 bridgehead atoms. The number of halogens is 1. The van der Waals surface area contributed by atoms with Crippen molar-refractivity contribution in [2.75, 3.05) is 0 Å². The lowest BCUT2D eigenvalue weighted by Gasteiger charge is -2.31. The molecule has 2 aromatic rings. The second kappa shape index (κ2) is 5.55. The minimum absolute atomic E-state index is 0.102. The minimum atomic E-state index is 0.102. The zero-order chi connectivity index (χ0) is 14.2. The maximum Gasteiger partial charge on any atom is 0.126 e. The Labute approximate surface area is 129 Å². The molecule has 1 aliphatic rings. The van der Waals surface area contributed by atoms with Crippen LogP contribution in [0.5, 0.6) is 0 Å². The van der Waals surface area contributed by atoms with Gasteiger partial charge in [-0.2, -0.15) is 0 Å². The van der Waals surface area contributed by atoms with E-state index < -0.39 is 0 Å². The van der Waals surface area contributed by atoms with E-state index in [2.05, 4.69) is 25.2 Å². The van der Waals surface area contributed by atoms with Gasteiger partial charge in [0, 0.05) is 10.9 Å². The third-order valence-electron chi connectivity index (χ3n) is 4.33. The molecule has 0 amide bonds. The van der Waals surface area contributed by atoms with E-state index in [0.29, 0.717) is 11.5 Å². The Kier molecular flexibility index (Phi) is 3.93. The lowest BCUT2D eigenvalue weighted by molar-refractivity contribution is 0.263. The Hall–Kier alpha value is -0.770. The molecule has 0 aromatic carbocycles. The topological polar surface area (TPSA) is 25.2 Å². The summed E-state index contributed by atoms with van der Waals surface area (Å²) < 4.78 is 6.46. The van der Waals surface area contributed by atoms with Crippen molar-refractivity contribution in [1.82, 2.24) is 5.32 Å². The second-order valence-corrected chi connectivity index (χ2v) is 7.94. The fourth-order valence-electron chi connectivity index (χ4n) is 3.08. The van der Waals surface area contributed by atoms with Gasteiger partial charge in [-0.1, -0.05) is 31.9 Å². The highest BCUT2D eigenvalue weighted by atomic mass is 35.5. The molecule has 0 aliphatic heterocycles. The minimum Gasteiger partial charge on any atom is -0.467 e. The number of nitrogens with one attached hydrogen (secondary N) is 1. The average Bonchev–Trinajstić information content (AvgIpc) is 3.09. The van der Waals surface area contributed by atoms with Gasteiger partial charge in [0.2, 0.25) is 0 Å². The zero-order valence-electron chi connectivity index (χ0n) is 11.9. The van der Waals surface area contributed by atoms with Crippen LogP contribution in [0.2, 0.25) is 4.34 Å². The number of furan rings is 1. The molecule has 2 unspecified atom stereocenters. The first-order valence-corrected chi connectivity index (χ1v) is 8.30. The van der Waals surface area contributed by atoms with E-state index in [1.54, 1.807) is 17.6 Å². The molecule has 1 fully saturated rings. The highest BCUT2D eigenvalue weighted by Gasteiger charge is 2.36. The van der Waals surface area contributed by atoms with Crippen molar-refractivity contribution in [3.8, 4) is 0 Å². The number of hydrogen-bond donors (Lipinski definition) is 1. The molecule has 4 heteroatoms. The zero-order valence-corrected chi connectivity index (χ0v) is 13.4. The summed E-state index contributed by atoms with van der Waals surface area (Å²) in [6, 6.07) is 8.64. The maximum absolute atomic E-state index is 6.10. The Morgan fingerprint density at radius 3 is 2.80 bits per heavy atom. The number of thiophene rings is 1. The number of hydrogen-bond acceptors (Lipinski definition) is 3. The Morgan fingerprint density at radius 2 is 2.25 bits per heavy atom. The molecule has 2 aromatic heterocycles. The first-order chi connectivity index (χ1) is 9.56. The molecule has 3 rings (SSSR count). The first-order valence-electron chi connectivity index (χ1n) is 7.11. The summed E-state index contributed by atoms with van der Waals surface area (Å²) in [5, 5.41) is 3.80. The smallest absolute Gasteiger partial charge is 0.126 e. The van der Waals surface area contributed by atoms with Gasteiger partial charge in [-0.3, -0.25) is 5.32 Å². The van der Waals surface area contributed by atoms with Crippen LogP contribution in [0.15, 0.2) is 34.9 Å². The SMILES string of the molecule is CC1(C)CCCC1NC(c1ccco1)c1ccc(Cl)s1. The molecule has 2 heterocycles. The summed E-state index contributed by atoms with van der Waals surface area (Å²) in [6.45, 7) is 4.69.